The molecule has 0 heterocycles. The smallest absolute Gasteiger partial charge is 0.248 e. The molecule has 1 rings (SSSR count). The second kappa shape index (κ2) is 6.23. The summed E-state index contributed by atoms with van der Waals surface area (Å²) in [5.74, 6) is -0.374. The fourth-order valence-corrected chi connectivity index (χ4v) is 1.14. The van der Waals surface area contributed by atoms with Crippen molar-refractivity contribution in [3.63, 3.8) is 0 Å². The van der Waals surface area contributed by atoms with Crippen LogP contribution in [0.2, 0.25) is 0 Å². The minimum absolute atomic E-state index is 0.00916. The van der Waals surface area contributed by atoms with E-state index in [2.05, 4.69) is 5.48 Å². The Bertz CT molecular complexity index is 353. The van der Waals surface area contributed by atoms with Gasteiger partial charge in [-0.15, -0.1) is 0 Å². The summed E-state index contributed by atoms with van der Waals surface area (Å²) >= 11 is 0. The molecule has 0 aliphatic rings. The molecule has 0 atom stereocenters. The van der Waals surface area contributed by atoms with Crippen molar-refractivity contribution in [1.82, 2.24) is 5.48 Å². The first-order valence-electron chi connectivity index (χ1n) is 5.23. The molecule has 4 heteroatoms. The van der Waals surface area contributed by atoms with Gasteiger partial charge in [0.25, 0.3) is 0 Å². The summed E-state index contributed by atoms with van der Waals surface area (Å²) in [6, 6.07) is 6.20. The molecule has 1 aromatic carbocycles. The van der Waals surface area contributed by atoms with Gasteiger partial charge in [-0.25, -0.2) is 9.87 Å². The molecular formula is C12H16FNO2. The Balaban J connectivity index is 2.37. The summed E-state index contributed by atoms with van der Waals surface area (Å²) in [5, 5.41) is 0. The predicted molar refractivity (Wildman–Crippen MR) is 59.0 cm³/mol. The van der Waals surface area contributed by atoms with E-state index in [-0.39, 0.29) is 18.1 Å². The highest BCUT2D eigenvalue weighted by molar-refractivity contribution is 5.77. The average molecular weight is 225 g/mol. The van der Waals surface area contributed by atoms with Crippen molar-refractivity contribution in [2.24, 2.45) is 5.92 Å². The zero-order valence-corrected chi connectivity index (χ0v) is 9.50. The van der Waals surface area contributed by atoms with Gasteiger partial charge in [-0.2, -0.15) is 0 Å². The lowest BCUT2D eigenvalue weighted by atomic mass is 10.1. The van der Waals surface area contributed by atoms with Crippen molar-refractivity contribution in [3.05, 3.63) is 35.6 Å². The van der Waals surface area contributed by atoms with E-state index in [0.29, 0.717) is 18.1 Å². The Labute approximate surface area is 94.6 Å². The van der Waals surface area contributed by atoms with Crippen LogP contribution in [0, 0.1) is 11.7 Å². The van der Waals surface area contributed by atoms with Crippen molar-refractivity contribution in [3.8, 4) is 0 Å². The average Bonchev–Trinajstić information content (AvgIpc) is 2.21. The van der Waals surface area contributed by atoms with Crippen LogP contribution in [0.3, 0.4) is 0 Å². The molecule has 1 amide bonds. The van der Waals surface area contributed by atoms with Crippen LogP contribution in [0.4, 0.5) is 4.39 Å². The fourth-order valence-electron chi connectivity index (χ4n) is 1.14. The van der Waals surface area contributed by atoms with Crippen LogP contribution < -0.4 is 5.48 Å². The molecule has 1 N–H and O–H groups in total. The molecule has 16 heavy (non-hydrogen) atoms. The quantitative estimate of drug-likeness (QED) is 0.779. The molecule has 0 fully saturated rings. The number of benzene rings is 1. The number of rotatable bonds is 5. The van der Waals surface area contributed by atoms with Gasteiger partial charge in [0.15, 0.2) is 0 Å². The highest BCUT2D eigenvalue weighted by Crippen LogP contribution is 2.06. The Morgan fingerprint density at radius 3 is 2.75 bits per heavy atom. The molecule has 0 radical (unpaired) electrons. The summed E-state index contributed by atoms with van der Waals surface area (Å²) in [4.78, 5) is 16.3. The Kier molecular flexibility index (Phi) is 4.92. The molecule has 0 aliphatic carbocycles. The van der Waals surface area contributed by atoms with Crippen LogP contribution in [-0.4, -0.2) is 12.5 Å². The molecule has 0 aromatic heterocycles. The van der Waals surface area contributed by atoms with Crippen molar-refractivity contribution in [2.45, 2.75) is 20.3 Å². The van der Waals surface area contributed by atoms with Gasteiger partial charge in [0.05, 0.1) is 13.0 Å². The molecule has 0 saturated carbocycles. The monoisotopic (exact) mass is 225 g/mol. The summed E-state index contributed by atoms with van der Waals surface area (Å²) in [6.07, 6.45) is -0.00916. The molecule has 0 aliphatic heterocycles. The Morgan fingerprint density at radius 1 is 1.44 bits per heavy atom. The van der Waals surface area contributed by atoms with E-state index in [1.807, 2.05) is 13.8 Å². The van der Waals surface area contributed by atoms with E-state index in [4.69, 9.17) is 4.84 Å². The van der Waals surface area contributed by atoms with Crippen molar-refractivity contribution < 1.29 is 14.0 Å². The molecular weight excluding hydrogens is 209 g/mol. The van der Waals surface area contributed by atoms with Crippen LogP contribution in [0.25, 0.3) is 0 Å². The van der Waals surface area contributed by atoms with Gasteiger partial charge in [0.1, 0.15) is 5.82 Å². The van der Waals surface area contributed by atoms with Crippen LogP contribution in [0.15, 0.2) is 24.3 Å². The Morgan fingerprint density at radius 2 is 2.12 bits per heavy atom. The summed E-state index contributed by atoms with van der Waals surface area (Å²) in [5.41, 5.74) is 2.65. The van der Waals surface area contributed by atoms with Gasteiger partial charge < -0.3 is 0 Å². The van der Waals surface area contributed by atoms with Crippen LogP contribution in [-0.2, 0) is 16.1 Å². The summed E-state index contributed by atoms with van der Waals surface area (Å²) < 4.78 is 13.2. The van der Waals surface area contributed by atoms with Crippen molar-refractivity contribution in [2.75, 3.05) is 6.61 Å². The zero-order valence-electron chi connectivity index (χ0n) is 9.50. The van der Waals surface area contributed by atoms with E-state index in [0.717, 1.165) is 0 Å². The number of hydroxylamine groups is 1. The number of halogens is 1. The normalized spacial score (nSPS) is 10.5. The highest BCUT2D eigenvalue weighted by atomic mass is 19.1. The number of carbonyl (C=O) groups excluding carboxylic acids is 1. The molecule has 1 aromatic rings. The summed E-state index contributed by atoms with van der Waals surface area (Å²) in [6.45, 7) is 4.40. The molecule has 0 saturated heterocycles. The van der Waals surface area contributed by atoms with Crippen LogP contribution in [0.1, 0.15) is 19.4 Å². The second-order valence-corrected chi connectivity index (χ2v) is 4.00. The standard InChI is InChI=1S/C12H16FNO2/c1-9(2)8-16-14-12(15)7-10-5-3-4-6-11(10)13/h3-6,9H,7-8H2,1-2H3,(H,14,15). The predicted octanol–water partition coefficient (Wildman–Crippen LogP) is 2.07. The maximum absolute atomic E-state index is 13.2. The lowest BCUT2D eigenvalue weighted by Crippen LogP contribution is -2.27. The first-order valence-corrected chi connectivity index (χ1v) is 5.23. The SMILES string of the molecule is CC(C)CONC(=O)Cc1ccccc1F. The van der Waals surface area contributed by atoms with Crippen molar-refractivity contribution >= 4 is 5.91 Å². The Hall–Kier alpha value is -1.42. The molecule has 0 bridgehead atoms. The van der Waals surface area contributed by atoms with Crippen molar-refractivity contribution in [1.29, 1.82) is 0 Å². The van der Waals surface area contributed by atoms with E-state index in [9.17, 15) is 9.18 Å². The number of hydrogen-bond acceptors (Lipinski definition) is 2. The molecule has 0 unspecified atom stereocenters. The number of carbonyl (C=O) groups is 1. The summed E-state index contributed by atoms with van der Waals surface area (Å²) in [7, 11) is 0. The van der Waals surface area contributed by atoms with E-state index in [1.54, 1.807) is 18.2 Å². The zero-order chi connectivity index (χ0) is 12.0. The van der Waals surface area contributed by atoms with Gasteiger partial charge in [-0.1, -0.05) is 32.0 Å². The van der Waals surface area contributed by atoms with Crippen LogP contribution >= 0.6 is 0 Å². The maximum atomic E-state index is 13.2. The molecule has 3 nitrogen and oxygen atoms in total. The molecule has 0 spiro atoms. The van der Waals surface area contributed by atoms with E-state index in [1.165, 1.54) is 6.07 Å². The lowest BCUT2D eigenvalue weighted by molar-refractivity contribution is -0.133. The van der Waals surface area contributed by atoms with Gasteiger partial charge >= 0.3 is 0 Å². The van der Waals surface area contributed by atoms with Gasteiger partial charge in [-0.3, -0.25) is 9.63 Å². The van der Waals surface area contributed by atoms with Crippen LogP contribution in [0.5, 0.6) is 0 Å². The number of amides is 1. The molecule has 88 valence electrons. The van der Waals surface area contributed by atoms with Gasteiger partial charge in [0.2, 0.25) is 5.91 Å². The fraction of sp³-hybridized carbons (Fsp3) is 0.417. The third-order valence-electron chi connectivity index (χ3n) is 1.91. The topological polar surface area (TPSA) is 38.3 Å². The first kappa shape index (κ1) is 12.6. The lowest BCUT2D eigenvalue weighted by Gasteiger charge is -2.08. The van der Waals surface area contributed by atoms with E-state index < -0.39 is 0 Å². The number of nitrogens with one attached hydrogen (secondary N) is 1. The minimum Gasteiger partial charge on any atom is -0.273 e. The first-order chi connectivity index (χ1) is 7.59. The third-order valence-corrected chi connectivity index (χ3v) is 1.91. The highest BCUT2D eigenvalue weighted by Gasteiger charge is 2.07. The third kappa shape index (κ3) is 4.40. The van der Waals surface area contributed by atoms with Gasteiger partial charge in [0, 0.05) is 0 Å². The van der Waals surface area contributed by atoms with Gasteiger partial charge in [-0.05, 0) is 17.5 Å². The van der Waals surface area contributed by atoms with E-state index >= 15 is 0 Å². The minimum atomic E-state index is -0.374. The largest absolute Gasteiger partial charge is 0.273 e. The maximum Gasteiger partial charge on any atom is 0.248 e. The number of hydrogen-bond donors (Lipinski definition) is 1. The second-order valence-electron chi connectivity index (χ2n) is 4.00.